The van der Waals surface area contributed by atoms with Crippen LogP contribution in [0.5, 0.6) is 0 Å². The van der Waals surface area contributed by atoms with Gasteiger partial charge in [0.2, 0.25) is 0 Å². The number of nitrogens with one attached hydrogen (secondary N) is 1. The minimum absolute atomic E-state index is 0.0258. The predicted molar refractivity (Wildman–Crippen MR) is 94.4 cm³/mol. The number of rotatable bonds is 5. The Morgan fingerprint density at radius 1 is 1.44 bits per heavy atom. The summed E-state index contributed by atoms with van der Waals surface area (Å²) in [7, 11) is 1.81. The molecule has 0 fully saturated rings. The Bertz CT molecular complexity index is 770. The fourth-order valence-electron chi connectivity index (χ4n) is 3.18. The van der Waals surface area contributed by atoms with Crippen molar-refractivity contribution in [3.05, 3.63) is 41.5 Å². The lowest BCUT2D eigenvalue weighted by molar-refractivity contribution is 0.0553. The van der Waals surface area contributed by atoms with Crippen molar-refractivity contribution in [1.82, 2.24) is 24.6 Å². The topological polar surface area (TPSA) is 72.2 Å². The normalized spacial score (nSPS) is 17.1. The van der Waals surface area contributed by atoms with Crippen LogP contribution in [-0.2, 0) is 13.6 Å². The molecule has 0 aliphatic carbocycles. The van der Waals surface area contributed by atoms with Crippen LogP contribution in [0, 0.1) is 12.8 Å². The lowest BCUT2D eigenvalue weighted by Gasteiger charge is -2.37. The van der Waals surface area contributed by atoms with Gasteiger partial charge in [-0.1, -0.05) is 13.8 Å². The monoisotopic (exact) mass is 343 g/mol. The quantitative estimate of drug-likeness (QED) is 0.893. The highest BCUT2D eigenvalue weighted by Crippen LogP contribution is 2.19. The second-order valence-corrected chi connectivity index (χ2v) is 7.06. The number of carbonyl (C=O) groups is 2. The number of aryl methyl sites for hydroxylation is 2. The number of amides is 2. The van der Waals surface area contributed by atoms with Crippen LogP contribution < -0.4 is 5.32 Å². The van der Waals surface area contributed by atoms with E-state index in [2.05, 4.69) is 24.3 Å². The first kappa shape index (κ1) is 17.3. The third kappa shape index (κ3) is 3.45. The molecule has 1 aliphatic rings. The van der Waals surface area contributed by atoms with E-state index in [1.807, 2.05) is 41.8 Å². The summed E-state index contributed by atoms with van der Waals surface area (Å²) in [5.41, 5.74) is 2.04. The summed E-state index contributed by atoms with van der Waals surface area (Å²) in [6.45, 7) is 7.85. The van der Waals surface area contributed by atoms with E-state index >= 15 is 0 Å². The predicted octanol–water partition coefficient (Wildman–Crippen LogP) is 1.44. The molecule has 3 heterocycles. The molecule has 1 unspecified atom stereocenters. The number of hydrogen-bond donors (Lipinski definition) is 1. The van der Waals surface area contributed by atoms with Crippen molar-refractivity contribution < 1.29 is 9.59 Å². The average molecular weight is 343 g/mol. The highest BCUT2D eigenvalue weighted by atomic mass is 16.2. The first-order valence-electron chi connectivity index (χ1n) is 8.61. The second-order valence-electron chi connectivity index (χ2n) is 7.06. The number of nitrogens with zero attached hydrogens (tertiary/aromatic N) is 4. The Balaban J connectivity index is 1.73. The van der Waals surface area contributed by atoms with Crippen molar-refractivity contribution in [2.45, 2.75) is 33.4 Å². The number of fused-ring (bicyclic) bond motifs is 1. The summed E-state index contributed by atoms with van der Waals surface area (Å²) in [4.78, 5) is 27.0. The first-order chi connectivity index (χ1) is 11.9. The molecule has 2 aromatic heterocycles. The molecule has 0 radical (unpaired) electrons. The zero-order chi connectivity index (χ0) is 18.1. The van der Waals surface area contributed by atoms with Crippen molar-refractivity contribution >= 4 is 11.8 Å². The van der Waals surface area contributed by atoms with Gasteiger partial charge in [-0.05, 0) is 31.0 Å². The van der Waals surface area contributed by atoms with Crippen molar-refractivity contribution in [2.24, 2.45) is 13.0 Å². The van der Waals surface area contributed by atoms with Gasteiger partial charge in [-0.3, -0.25) is 14.3 Å². The van der Waals surface area contributed by atoms with Gasteiger partial charge in [-0.2, -0.15) is 5.10 Å². The molecule has 1 aliphatic heterocycles. The third-order valence-corrected chi connectivity index (χ3v) is 4.56. The molecule has 0 spiro atoms. The number of hydrogen-bond acceptors (Lipinski definition) is 3. The van der Waals surface area contributed by atoms with Gasteiger partial charge < -0.3 is 14.8 Å². The molecule has 0 saturated heterocycles. The highest BCUT2D eigenvalue weighted by molar-refractivity contribution is 5.94. The third-order valence-electron chi connectivity index (χ3n) is 4.56. The van der Waals surface area contributed by atoms with Crippen LogP contribution in [-0.4, -0.2) is 50.2 Å². The minimum Gasteiger partial charge on any atom is -0.349 e. The molecule has 3 rings (SSSR count). The van der Waals surface area contributed by atoms with Crippen molar-refractivity contribution in [1.29, 1.82) is 0 Å². The summed E-state index contributed by atoms with van der Waals surface area (Å²) < 4.78 is 3.64. The Morgan fingerprint density at radius 3 is 2.84 bits per heavy atom. The molecule has 134 valence electrons. The van der Waals surface area contributed by atoms with Crippen LogP contribution in [0.3, 0.4) is 0 Å². The Hall–Kier alpha value is -2.57. The van der Waals surface area contributed by atoms with E-state index in [1.165, 1.54) is 0 Å². The van der Waals surface area contributed by atoms with Gasteiger partial charge in [0.05, 0.1) is 6.04 Å². The van der Waals surface area contributed by atoms with Gasteiger partial charge in [0, 0.05) is 38.6 Å². The first-order valence-corrected chi connectivity index (χ1v) is 8.61. The van der Waals surface area contributed by atoms with E-state index in [4.69, 9.17) is 0 Å². The van der Waals surface area contributed by atoms with Crippen molar-refractivity contribution in [3.8, 4) is 0 Å². The largest absolute Gasteiger partial charge is 0.349 e. The van der Waals surface area contributed by atoms with Crippen LogP contribution in [0.4, 0.5) is 0 Å². The smallest absolute Gasteiger partial charge is 0.271 e. The lowest BCUT2D eigenvalue weighted by atomic mass is 10.1. The molecule has 25 heavy (non-hydrogen) atoms. The maximum Gasteiger partial charge on any atom is 0.271 e. The standard InChI is InChI=1S/C18H25N5O2/c1-12(2)10-23-14(11-22-7-5-6-16(22)18(23)25)9-19-17(24)15-8-13(3)21(4)20-15/h5-8,12,14H,9-11H2,1-4H3,(H,19,24). The van der Waals surface area contributed by atoms with Crippen LogP contribution in [0.2, 0.25) is 0 Å². The van der Waals surface area contributed by atoms with E-state index in [1.54, 1.807) is 10.7 Å². The highest BCUT2D eigenvalue weighted by Gasteiger charge is 2.32. The second kappa shape index (κ2) is 6.74. The molecular weight excluding hydrogens is 318 g/mol. The number of carbonyl (C=O) groups excluding carboxylic acids is 2. The van der Waals surface area contributed by atoms with E-state index in [-0.39, 0.29) is 17.9 Å². The fraction of sp³-hybridized carbons (Fsp3) is 0.500. The molecule has 0 aromatic carbocycles. The van der Waals surface area contributed by atoms with Crippen LogP contribution >= 0.6 is 0 Å². The Morgan fingerprint density at radius 2 is 2.20 bits per heavy atom. The SMILES string of the molecule is Cc1cc(C(=O)NCC2Cn3cccc3C(=O)N2CC(C)C)nn1C. The van der Waals surface area contributed by atoms with Crippen molar-refractivity contribution in [2.75, 3.05) is 13.1 Å². The van der Waals surface area contributed by atoms with Gasteiger partial charge >= 0.3 is 0 Å². The van der Waals surface area contributed by atoms with Gasteiger partial charge in [-0.15, -0.1) is 0 Å². The molecular formula is C18H25N5O2. The summed E-state index contributed by atoms with van der Waals surface area (Å²) in [6, 6.07) is 5.43. The average Bonchev–Trinajstić information content (AvgIpc) is 3.15. The van der Waals surface area contributed by atoms with Gasteiger partial charge in [0.1, 0.15) is 11.4 Å². The zero-order valence-corrected chi connectivity index (χ0v) is 15.2. The van der Waals surface area contributed by atoms with Crippen LogP contribution in [0.15, 0.2) is 24.4 Å². The molecule has 0 saturated carbocycles. The summed E-state index contributed by atoms with van der Waals surface area (Å²) in [5, 5.41) is 7.14. The maximum atomic E-state index is 12.8. The van der Waals surface area contributed by atoms with Crippen LogP contribution in [0.25, 0.3) is 0 Å². The van der Waals surface area contributed by atoms with Gasteiger partial charge in [0.15, 0.2) is 0 Å². The summed E-state index contributed by atoms with van der Waals surface area (Å²) in [5.74, 6) is 0.180. The molecule has 7 heteroatoms. The molecule has 7 nitrogen and oxygen atoms in total. The van der Waals surface area contributed by atoms with Crippen molar-refractivity contribution in [3.63, 3.8) is 0 Å². The molecule has 2 aromatic rings. The van der Waals surface area contributed by atoms with Gasteiger partial charge in [0.25, 0.3) is 11.8 Å². The summed E-state index contributed by atoms with van der Waals surface area (Å²) >= 11 is 0. The van der Waals surface area contributed by atoms with Crippen LogP contribution in [0.1, 0.15) is 40.5 Å². The van der Waals surface area contributed by atoms with E-state index < -0.39 is 0 Å². The van der Waals surface area contributed by atoms with Gasteiger partial charge in [-0.25, -0.2) is 0 Å². The van der Waals surface area contributed by atoms with E-state index in [9.17, 15) is 9.59 Å². The Labute approximate surface area is 147 Å². The zero-order valence-electron chi connectivity index (χ0n) is 15.2. The molecule has 2 amide bonds. The molecule has 1 atom stereocenters. The molecule has 1 N–H and O–H groups in total. The lowest BCUT2D eigenvalue weighted by Crippen LogP contribution is -2.53. The van der Waals surface area contributed by atoms with E-state index in [0.29, 0.717) is 36.9 Å². The minimum atomic E-state index is -0.209. The van der Waals surface area contributed by atoms with E-state index in [0.717, 1.165) is 5.69 Å². The number of aromatic nitrogens is 3. The Kier molecular flexibility index (Phi) is 4.65. The fourth-order valence-corrected chi connectivity index (χ4v) is 3.18. The molecule has 0 bridgehead atoms. The maximum absolute atomic E-state index is 12.8. The summed E-state index contributed by atoms with van der Waals surface area (Å²) in [6.07, 6.45) is 1.91.